The normalized spacial score (nSPS) is 10.7. The number of aryl methyl sites for hydroxylation is 1. The molecule has 1 aromatic heterocycles. The Hall–Kier alpha value is -2.26. The summed E-state index contributed by atoms with van der Waals surface area (Å²) in [7, 11) is 1.75. The first kappa shape index (κ1) is 12.8. The summed E-state index contributed by atoms with van der Waals surface area (Å²) in [4.78, 5) is 12.3. The van der Waals surface area contributed by atoms with Crippen LogP contribution in [0.25, 0.3) is 16.9 Å². The molecule has 3 aromatic rings. The maximum absolute atomic E-state index is 12.3. The minimum atomic E-state index is -0.0776. The van der Waals surface area contributed by atoms with Crippen molar-refractivity contribution >= 4 is 11.6 Å². The number of hydrogen-bond acceptors (Lipinski definition) is 1. The molecule has 0 saturated carbocycles. The van der Waals surface area contributed by atoms with Crippen LogP contribution in [0.1, 0.15) is 0 Å². The van der Waals surface area contributed by atoms with Gasteiger partial charge in [-0.3, -0.25) is 4.57 Å². The topological polar surface area (TPSA) is 26.9 Å². The molecule has 4 heteroatoms. The van der Waals surface area contributed by atoms with Gasteiger partial charge in [0.2, 0.25) is 0 Å². The third kappa shape index (κ3) is 2.17. The molecule has 0 N–H and O–H groups in total. The Morgan fingerprint density at radius 3 is 2.25 bits per heavy atom. The zero-order valence-corrected chi connectivity index (χ0v) is 11.7. The second-order valence-electron chi connectivity index (χ2n) is 4.59. The SMILES string of the molecule is Cn1cc(-c2ccccc2)n(-c2ccc(Cl)cc2)c1=O. The molecule has 0 unspecified atom stereocenters. The zero-order chi connectivity index (χ0) is 14.1. The van der Waals surface area contributed by atoms with Gasteiger partial charge in [0.25, 0.3) is 0 Å². The largest absolute Gasteiger partial charge is 0.332 e. The predicted octanol–water partition coefficient (Wildman–Crippen LogP) is 3.50. The van der Waals surface area contributed by atoms with Gasteiger partial charge in [0, 0.05) is 23.8 Å². The van der Waals surface area contributed by atoms with Crippen molar-refractivity contribution in [1.82, 2.24) is 9.13 Å². The molecule has 3 rings (SSSR count). The van der Waals surface area contributed by atoms with Crippen LogP contribution in [-0.4, -0.2) is 9.13 Å². The first-order valence-corrected chi connectivity index (χ1v) is 6.64. The van der Waals surface area contributed by atoms with Crippen LogP contribution in [0.5, 0.6) is 0 Å². The highest BCUT2D eigenvalue weighted by molar-refractivity contribution is 6.30. The van der Waals surface area contributed by atoms with E-state index in [1.807, 2.05) is 48.7 Å². The fraction of sp³-hybridized carbons (Fsp3) is 0.0625. The van der Waals surface area contributed by atoms with Crippen molar-refractivity contribution in [3.05, 3.63) is 76.3 Å². The first-order chi connectivity index (χ1) is 9.66. The van der Waals surface area contributed by atoms with Crippen LogP contribution in [0.4, 0.5) is 0 Å². The molecule has 0 aliphatic carbocycles. The molecule has 0 aliphatic rings. The lowest BCUT2D eigenvalue weighted by Crippen LogP contribution is -2.21. The second kappa shape index (κ2) is 5.02. The van der Waals surface area contributed by atoms with E-state index in [9.17, 15) is 4.79 Å². The van der Waals surface area contributed by atoms with Crippen LogP contribution >= 0.6 is 11.6 Å². The lowest BCUT2D eigenvalue weighted by atomic mass is 10.1. The summed E-state index contributed by atoms with van der Waals surface area (Å²) >= 11 is 5.91. The van der Waals surface area contributed by atoms with Gasteiger partial charge >= 0.3 is 5.69 Å². The van der Waals surface area contributed by atoms with Crippen LogP contribution in [0.3, 0.4) is 0 Å². The molecule has 1 heterocycles. The summed E-state index contributed by atoms with van der Waals surface area (Å²) in [5, 5.41) is 0.652. The standard InChI is InChI=1S/C16H13ClN2O/c1-18-11-15(12-5-3-2-4-6-12)19(16(18)20)14-9-7-13(17)8-10-14/h2-11H,1H3. The minimum Gasteiger partial charge on any atom is -0.301 e. The van der Waals surface area contributed by atoms with Crippen LogP contribution in [0.2, 0.25) is 5.02 Å². The van der Waals surface area contributed by atoms with Crippen molar-refractivity contribution in [2.75, 3.05) is 0 Å². The van der Waals surface area contributed by atoms with Crippen LogP contribution in [-0.2, 0) is 7.05 Å². The summed E-state index contributed by atoms with van der Waals surface area (Å²) in [5.74, 6) is 0. The third-order valence-electron chi connectivity index (χ3n) is 3.20. The van der Waals surface area contributed by atoms with Gasteiger partial charge < -0.3 is 4.57 Å². The maximum atomic E-state index is 12.3. The Balaban J connectivity index is 2.25. The number of rotatable bonds is 2. The molecule has 3 nitrogen and oxygen atoms in total. The Labute approximate surface area is 121 Å². The number of hydrogen-bond donors (Lipinski definition) is 0. The minimum absolute atomic E-state index is 0.0776. The average molecular weight is 285 g/mol. The fourth-order valence-corrected chi connectivity index (χ4v) is 2.34. The summed E-state index contributed by atoms with van der Waals surface area (Å²) in [6.45, 7) is 0. The molecule has 2 aromatic carbocycles. The van der Waals surface area contributed by atoms with Crippen molar-refractivity contribution in [2.45, 2.75) is 0 Å². The molecule has 0 spiro atoms. The molecular formula is C16H13ClN2O. The first-order valence-electron chi connectivity index (χ1n) is 6.26. The van der Waals surface area contributed by atoms with Gasteiger partial charge in [0.1, 0.15) is 0 Å². The highest BCUT2D eigenvalue weighted by Gasteiger charge is 2.12. The number of halogens is 1. The van der Waals surface area contributed by atoms with Gasteiger partial charge in [-0.15, -0.1) is 0 Å². The number of nitrogens with zero attached hydrogens (tertiary/aromatic N) is 2. The molecule has 100 valence electrons. The van der Waals surface area contributed by atoms with E-state index in [4.69, 9.17) is 11.6 Å². The fourth-order valence-electron chi connectivity index (χ4n) is 2.21. The van der Waals surface area contributed by atoms with Gasteiger partial charge in [-0.1, -0.05) is 41.9 Å². The van der Waals surface area contributed by atoms with Crippen molar-refractivity contribution in [3.8, 4) is 16.9 Å². The molecule has 0 aliphatic heterocycles. The van der Waals surface area contributed by atoms with E-state index >= 15 is 0 Å². The summed E-state index contributed by atoms with van der Waals surface area (Å²) < 4.78 is 3.27. The number of benzene rings is 2. The van der Waals surface area contributed by atoms with E-state index in [-0.39, 0.29) is 5.69 Å². The Bertz CT molecular complexity index is 786. The number of aromatic nitrogens is 2. The van der Waals surface area contributed by atoms with E-state index in [0.29, 0.717) is 5.02 Å². The van der Waals surface area contributed by atoms with Crippen LogP contribution in [0, 0.1) is 0 Å². The molecule has 0 atom stereocenters. The Kier molecular flexibility index (Phi) is 3.20. The van der Waals surface area contributed by atoms with E-state index < -0.39 is 0 Å². The average Bonchev–Trinajstić information content (AvgIpc) is 2.77. The lowest BCUT2D eigenvalue weighted by Gasteiger charge is -2.07. The summed E-state index contributed by atoms with van der Waals surface area (Å²) in [6, 6.07) is 17.1. The Morgan fingerprint density at radius 2 is 1.60 bits per heavy atom. The van der Waals surface area contributed by atoms with E-state index in [1.54, 1.807) is 28.3 Å². The van der Waals surface area contributed by atoms with Crippen LogP contribution < -0.4 is 5.69 Å². The third-order valence-corrected chi connectivity index (χ3v) is 3.46. The Morgan fingerprint density at radius 1 is 0.950 bits per heavy atom. The van der Waals surface area contributed by atoms with Crippen molar-refractivity contribution in [3.63, 3.8) is 0 Å². The zero-order valence-electron chi connectivity index (χ0n) is 11.0. The molecular weight excluding hydrogens is 272 g/mol. The van der Waals surface area contributed by atoms with Crippen LogP contribution in [0.15, 0.2) is 65.6 Å². The van der Waals surface area contributed by atoms with Gasteiger partial charge in [-0.05, 0) is 24.3 Å². The monoisotopic (exact) mass is 284 g/mol. The van der Waals surface area contributed by atoms with E-state index in [1.165, 1.54) is 0 Å². The second-order valence-corrected chi connectivity index (χ2v) is 5.02. The highest BCUT2D eigenvalue weighted by Crippen LogP contribution is 2.22. The van der Waals surface area contributed by atoms with Crippen molar-refractivity contribution < 1.29 is 0 Å². The summed E-state index contributed by atoms with van der Waals surface area (Å²) in [5.41, 5.74) is 2.59. The predicted molar refractivity (Wildman–Crippen MR) is 81.5 cm³/mol. The molecule has 0 amide bonds. The van der Waals surface area contributed by atoms with Crippen molar-refractivity contribution in [1.29, 1.82) is 0 Å². The quantitative estimate of drug-likeness (QED) is 0.707. The molecule has 20 heavy (non-hydrogen) atoms. The van der Waals surface area contributed by atoms with Crippen molar-refractivity contribution in [2.24, 2.45) is 7.05 Å². The highest BCUT2D eigenvalue weighted by atomic mass is 35.5. The van der Waals surface area contributed by atoms with E-state index in [2.05, 4.69) is 0 Å². The van der Waals surface area contributed by atoms with E-state index in [0.717, 1.165) is 16.9 Å². The maximum Gasteiger partial charge on any atom is 0.332 e. The summed E-state index contributed by atoms with van der Waals surface area (Å²) in [6.07, 6.45) is 1.84. The lowest BCUT2D eigenvalue weighted by molar-refractivity contribution is 0.824. The molecule has 0 fully saturated rings. The smallest absolute Gasteiger partial charge is 0.301 e. The van der Waals surface area contributed by atoms with Gasteiger partial charge in [0.05, 0.1) is 11.4 Å². The molecule has 0 bridgehead atoms. The molecule has 0 saturated heterocycles. The van der Waals surface area contributed by atoms with Gasteiger partial charge in [-0.2, -0.15) is 0 Å². The number of imidazole rings is 1. The van der Waals surface area contributed by atoms with Gasteiger partial charge in [0.15, 0.2) is 0 Å². The molecule has 0 radical (unpaired) electrons. The van der Waals surface area contributed by atoms with Gasteiger partial charge in [-0.25, -0.2) is 4.79 Å².